The number of rotatable bonds is 3. The highest BCUT2D eigenvalue weighted by atomic mass is 127. The Kier molecular flexibility index (Phi) is 4.82. The molecule has 1 heterocycles. The maximum Gasteiger partial charge on any atom is 0.161 e. The number of nitrogens with zero attached hydrogens (tertiary/aromatic N) is 1. The Hall–Kier alpha value is -1.76. The molecule has 1 aliphatic heterocycles. The van der Waals surface area contributed by atoms with Gasteiger partial charge >= 0.3 is 0 Å². The molecule has 0 amide bonds. The number of nitrogens with one attached hydrogen (secondary N) is 1. The van der Waals surface area contributed by atoms with Crippen LogP contribution in [0.15, 0.2) is 41.4 Å². The van der Waals surface area contributed by atoms with Crippen molar-refractivity contribution in [1.82, 2.24) is 0 Å². The van der Waals surface area contributed by atoms with Crippen LogP contribution in [-0.4, -0.2) is 25.6 Å². The van der Waals surface area contributed by atoms with Crippen molar-refractivity contribution in [2.45, 2.75) is 37.6 Å². The Labute approximate surface area is 168 Å². The van der Waals surface area contributed by atoms with Gasteiger partial charge in [-0.1, -0.05) is 12.8 Å². The van der Waals surface area contributed by atoms with Gasteiger partial charge in [0.25, 0.3) is 0 Å². The Morgan fingerprint density at radius 1 is 1.00 bits per heavy atom. The van der Waals surface area contributed by atoms with Gasteiger partial charge in [0.1, 0.15) is 5.84 Å². The second-order valence-electron chi connectivity index (χ2n) is 7.06. The van der Waals surface area contributed by atoms with E-state index in [1.54, 1.807) is 14.2 Å². The van der Waals surface area contributed by atoms with Gasteiger partial charge < -0.3 is 14.8 Å². The van der Waals surface area contributed by atoms with E-state index in [2.05, 4.69) is 64.3 Å². The quantitative estimate of drug-likeness (QED) is 0.651. The number of hydrogen-bond acceptors (Lipinski definition) is 4. The van der Waals surface area contributed by atoms with Crippen LogP contribution >= 0.6 is 22.6 Å². The molecule has 0 bridgehead atoms. The molecule has 136 valence electrons. The van der Waals surface area contributed by atoms with Crippen molar-refractivity contribution < 1.29 is 9.47 Å². The Balaban J connectivity index is 1.78. The molecule has 0 saturated heterocycles. The fraction of sp³-hybridized carbons (Fsp3) is 0.381. The van der Waals surface area contributed by atoms with Crippen LogP contribution in [0.25, 0.3) is 0 Å². The molecule has 4 nitrogen and oxygen atoms in total. The maximum atomic E-state index is 5.53. The average Bonchev–Trinajstić information content (AvgIpc) is 3.10. The summed E-state index contributed by atoms with van der Waals surface area (Å²) >= 11 is 2.32. The topological polar surface area (TPSA) is 42.9 Å². The SMILES string of the molecule is COc1cc2c(cc1OC)C(Nc1ccc(I)cc1)=NC1(CCCC1)C2. The van der Waals surface area contributed by atoms with E-state index in [1.807, 2.05) is 0 Å². The summed E-state index contributed by atoms with van der Waals surface area (Å²) in [6.45, 7) is 0. The van der Waals surface area contributed by atoms with Gasteiger partial charge in [-0.15, -0.1) is 0 Å². The van der Waals surface area contributed by atoms with Crippen molar-refractivity contribution in [1.29, 1.82) is 0 Å². The number of anilines is 1. The van der Waals surface area contributed by atoms with Gasteiger partial charge in [-0.05, 0) is 83.8 Å². The number of halogens is 1. The fourth-order valence-corrected chi connectivity index (χ4v) is 4.43. The van der Waals surface area contributed by atoms with Crippen LogP contribution in [0.4, 0.5) is 5.69 Å². The first-order valence-corrected chi connectivity index (χ1v) is 10.1. The molecule has 1 spiro atoms. The zero-order chi connectivity index (χ0) is 18.1. The highest BCUT2D eigenvalue weighted by molar-refractivity contribution is 14.1. The Morgan fingerprint density at radius 2 is 1.65 bits per heavy atom. The summed E-state index contributed by atoms with van der Waals surface area (Å²) < 4.78 is 12.3. The molecule has 2 aromatic carbocycles. The second kappa shape index (κ2) is 7.10. The minimum atomic E-state index is 0.0259. The lowest BCUT2D eigenvalue weighted by Crippen LogP contribution is -2.35. The van der Waals surface area contributed by atoms with Gasteiger partial charge in [-0.2, -0.15) is 0 Å². The number of fused-ring (bicyclic) bond motifs is 1. The van der Waals surface area contributed by atoms with E-state index >= 15 is 0 Å². The molecule has 2 aromatic rings. The number of amidine groups is 1. The fourth-order valence-electron chi connectivity index (χ4n) is 4.07. The minimum Gasteiger partial charge on any atom is -0.493 e. The first-order valence-electron chi connectivity index (χ1n) is 9.00. The monoisotopic (exact) mass is 462 g/mol. The molecule has 4 rings (SSSR count). The zero-order valence-corrected chi connectivity index (χ0v) is 17.3. The normalized spacial score (nSPS) is 17.6. The summed E-state index contributed by atoms with van der Waals surface area (Å²) in [6.07, 6.45) is 5.78. The van der Waals surface area contributed by atoms with Gasteiger partial charge in [0.05, 0.1) is 19.8 Å². The number of ether oxygens (including phenoxy) is 2. The second-order valence-corrected chi connectivity index (χ2v) is 8.31. The summed E-state index contributed by atoms with van der Waals surface area (Å²) in [5.41, 5.74) is 3.48. The van der Waals surface area contributed by atoms with E-state index in [0.29, 0.717) is 0 Å². The van der Waals surface area contributed by atoms with Gasteiger partial charge in [0.2, 0.25) is 0 Å². The van der Waals surface area contributed by atoms with Crippen LogP contribution in [0, 0.1) is 3.57 Å². The molecule has 0 radical (unpaired) electrons. The summed E-state index contributed by atoms with van der Waals surface area (Å²) in [7, 11) is 3.37. The molecule has 0 aromatic heterocycles. The van der Waals surface area contributed by atoms with E-state index in [9.17, 15) is 0 Å². The van der Waals surface area contributed by atoms with E-state index in [0.717, 1.165) is 47.8 Å². The average molecular weight is 462 g/mol. The van der Waals surface area contributed by atoms with Gasteiger partial charge in [-0.25, -0.2) is 0 Å². The van der Waals surface area contributed by atoms with Crippen LogP contribution in [-0.2, 0) is 6.42 Å². The van der Waals surface area contributed by atoms with Crippen LogP contribution in [0.3, 0.4) is 0 Å². The molecular formula is C21H23IN2O2. The lowest BCUT2D eigenvalue weighted by atomic mass is 9.84. The third-order valence-electron chi connectivity index (χ3n) is 5.37. The summed E-state index contributed by atoms with van der Waals surface area (Å²) in [4.78, 5) is 5.21. The van der Waals surface area contributed by atoms with Crippen LogP contribution in [0.1, 0.15) is 36.8 Å². The molecule has 0 unspecified atom stereocenters. The van der Waals surface area contributed by atoms with Crippen molar-refractivity contribution in [3.05, 3.63) is 51.1 Å². The lowest BCUT2D eigenvalue weighted by Gasteiger charge is -2.33. The summed E-state index contributed by atoms with van der Waals surface area (Å²) in [5, 5.41) is 3.55. The summed E-state index contributed by atoms with van der Waals surface area (Å²) in [5.74, 6) is 2.47. The smallest absolute Gasteiger partial charge is 0.161 e. The van der Waals surface area contributed by atoms with Crippen molar-refractivity contribution >= 4 is 34.1 Å². The maximum absolute atomic E-state index is 5.53. The standard InChI is InChI=1S/C21H23IN2O2/c1-25-18-11-14-13-21(9-3-4-10-21)24-20(17(14)12-19(18)26-2)23-16-7-5-15(22)6-8-16/h5-8,11-12H,3-4,9-10,13H2,1-2H3,(H,23,24). The minimum absolute atomic E-state index is 0.0259. The predicted molar refractivity (Wildman–Crippen MR) is 114 cm³/mol. The lowest BCUT2D eigenvalue weighted by molar-refractivity contribution is 0.353. The largest absolute Gasteiger partial charge is 0.493 e. The molecule has 1 N–H and O–H groups in total. The van der Waals surface area contributed by atoms with E-state index < -0.39 is 0 Å². The van der Waals surface area contributed by atoms with Crippen LogP contribution in [0.2, 0.25) is 0 Å². The van der Waals surface area contributed by atoms with Gasteiger partial charge in [0, 0.05) is 14.8 Å². The van der Waals surface area contributed by atoms with E-state index in [-0.39, 0.29) is 5.54 Å². The molecule has 1 aliphatic carbocycles. The zero-order valence-electron chi connectivity index (χ0n) is 15.1. The predicted octanol–water partition coefficient (Wildman–Crippen LogP) is 5.04. The van der Waals surface area contributed by atoms with Gasteiger partial charge in [0.15, 0.2) is 11.5 Å². The third kappa shape index (κ3) is 3.29. The number of benzene rings is 2. The van der Waals surface area contributed by atoms with Crippen LogP contribution < -0.4 is 14.8 Å². The molecule has 1 saturated carbocycles. The summed E-state index contributed by atoms with van der Waals surface area (Å²) in [6, 6.07) is 12.6. The van der Waals surface area contributed by atoms with E-state index in [1.165, 1.54) is 22.0 Å². The van der Waals surface area contributed by atoms with Crippen molar-refractivity contribution in [2.24, 2.45) is 4.99 Å². The molecule has 5 heteroatoms. The Bertz CT molecular complexity index is 840. The highest BCUT2D eigenvalue weighted by Crippen LogP contribution is 2.43. The highest BCUT2D eigenvalue weighted by Gasteiger charge is 2.38. The number of methoxy groups -OCH3 is 2. The number of aliphatic imine (C=N–C) groups is 1. The third-order valence-corrected chi connectivity index (χ3v) is 6.09. The van der Waals surface area contributed by atoms with E-state index in [4.69, 9.17) is 14.5 Å². The molecule has 26 heavy (non-hydrogen) atoms. The van der Waals surface area contributed by atoms with Crippen molar-refractivity contribution in [3.63, 3.8) is 0 Å². The molecule has 0 atom stereocenters. The number of hydrogen-bond donors (Lipinski definition) is 1. The first kappa shape index (κ1) is 17.6. The van der Waals surface area contributed by atoms with Gasteiger partial charge in [-0.3, -0.25) is 4.99 Å². The van der Waals surface area contributed by atoms with Crippen molar-refractivity contribution in [2.75, 3.05) is 19.5 Å². The van der Waals surface area contributed by atoms with Crippen molar-refractivity contribution in [3.8, 4) is 11.5 Å². The first-order chi connectivity index (χ1) is 12.6. The van der Waals surface area contributed by atoms with Crippen LogP contribution in [0.5, 0.6) is 11.5 Å². The molecular weight excluding hydrogens is 439 g/mol. The molecule has 1 fully saturated rings. The Morgan fingerprint density at radius 3 is 2.31 bits per heavy atom. The molecule has 2 aliphatic rings.